The second kappa shape index (κ2) is 4.73. The molecule has 0 amide bonds. The van der Waals surface area contributed by atoms with E-state index in [-0.39, 0.29) is 5.82 Å². The zero-order chi connectivity index (χ0) is 11.4. The van der Waals surface area contributed by atoms with Crippen LogP contribution in [0.5, 0.6) is 0 Å². The molecule has 1 aromatic carbocycles. The summed E-state index contributed by atoms with van der Waals surface area (Å²) >= 11 is 1.43. The van der Waals surface area contributed by atoms with Gasteiger partial charge in [0, 0.05) is 11.1 Å². The Hall–Kier alpha value is -1.93. The van der Waals surface area contributed by atoms with Crippen LogP contribution in [-0.2, 0) is 0 Å². The molecular weight excluding hydrogens is 225 g/mol. The van der Waals surface area contributed by atoms with Crippen molar-refractivity contribution in [3.8, 4) is 6.07 Å². The van der Waals surface area contributed by atoms with Gasteiger partial charge in [-0.25, -0.2) is 9.37 Å². The van der Waals surface area contributed by atoms with Crippen LogP contribution in [-0.4, -0.2) is 4.98 Å². The number of hydrogen-bond acceptors (Lipinski definition) is 4. The van der Waals surface area contributed by atoms with E-state index in [1.807, 2.05) is 5.38 Å². The van der Waals surface area contributed by atoms with Gasteiger partial charge in [0.2, 0.25) is 0 Å². The second-order valence-electron chi connectivity index (χ2n) is 3.13. The third-order valence-corrected chi connectivity index (χ3v) is 2.64. The molecule has 0 bridgehead atoms. The highest BCUT2D eigenvalue weighted by Crippen LogP contribution is 2.19. The number of hydrogen-bond donors (Lipinski definition) is 1. The Balaban J connectivity index is 2.14. The first kappa shape index (κ1) is 10.6. The van der Waals surface area contributed by atoms with Gasteiger partial charge in [0.05, 0.1) is 17.3 Å². The fourth-order valence-electron chi connectivity index (χ4n) is 1.25. The Morgan fingerprint density at radius 3 is 2.69 bits per heavy atom. The minimum absolute atomic E-state index is 0.298. The van der Waals surface area contributed by atoms with Crippen LogP contribution in [0, 0.1) is 17.1 Å². The molecular formula is C11H8FN3S. The maximum Gasteiger partial charge on any atom is 0.158 e. The van der Waals surface area contributed by atoms with Crippen LogP contribution in [0.3, 0.4) is 0 Å². The number of benzene rings is 1. The molecule has 0 saturated carbocycles. The lowest BCUT2D eigenvalue weighted by molar-refractivity contribution is 0.628. The van der Waals surface area contributed by atoms with Gasteiger partial charge in [0.1, 0.15) is 5.82 Å². The molecule has 1 N–H and O–H groups in total. The lowest BCUT2D eigenvalue weighted by Gasteiger charge is -2.10. The van der Waals surface area contributed by atoms with Crippen molar-refractivity contribution in [1.82, 2.24) is 4.98 Å². The molecule has 0 aliphatic carbocycles. The van der Waals surface area contributed by atoms with Crippen LogP contribution in [0.1, 0.15) is 11.7 Å². The minimum atomic E-state index is -0.503. The molecule has 5 heteroatoms. The first-order valence-corrected chi connectivity index (χ1v) is 5.53. The van der Waals surface area contributed by atoms with Gasteiger partial charge >= 0.3 is 0 Å². The van der Waals surface area contributed by atoms with Crippen LogP contribution in [0.15, 0.2) is 35.2 Å². The van der Waals surface area contributed by atoms with Crippen molar-refractivity contribution in [3.63, 3.8) is 0 Å². The average Bonchev–Trinajstić information content (AvgIpc) is 2.82. The summed E-state index contributed by atoms with van der Waals surface area (Å²) in [7, 11) is 0. The molecule has 1 unspecified atom stereocenters. The van der Waals surface area contributed by atoms with Crippen molar-refractivity contribution in [2.75, 3.05) is 5.32 Å². The van der Waals surface area contributed by atoms with Crippen LogP contribution in [0.25, 0.3) is 0 Å². The molecule has 2 aromatic rings. The Bertz CT molecular complexity index is 487. The number of halogens is 1. The van der Waals surface area contributed by atoms with Crippen molar-refractivity contribution in [1.29, 1.82) is 5.26 Å². The SMILES string of the molecule is N#CC(Nc1ccc(F)cc1)c1cscn1. The van der Waals surface area contributed by atoms with E-state index in [4.69, 9.17) is 5.26 Å². The van der Waals surface area contributed by atoms with Crippen molar-refractivity contribution < 1.29 is 4.39 Å². The highest BCUT2D eigenvalue weighted by molar-refractivity contribution is 7.07. The van der Waals surface area contributed by atoms with Gasteiger partial charge in [-0.15, -0.1) is 11.3 Å². The summed E-state index contributed by atoms with van der Waals surface area (Å²) in [4.78, 5) is 4.06. The van der Waals surface area contributed by atoms with Gasteiger partial charge in [-0.2, -0.15) is 5.26 Å². The number of nitrogens with zero attached hydrogens (tertiary/aromatic N) is 2. The Morgan fingerprint density at radius 1 is 1.38 bits per heavy atom. The first-order valence-electron chi connectivity index (χ1n) is 4.59. The average molecular weight is 233 g/mol. The van der Waals surface area contributed by atoms with E-state index in [2.05, 4.69) is 16.4 Å². The number of rotatable bonds is 3. The van der Waals surface area contributed by atoms with Gasteiger partial charge in [0.15, 0.2) is 6.04 Å². The van der Waals surface area contributed by atoms with Crippen molar-refractivity contribution >= 4 is 17.0 Å². The van der Waals surface area contributed by atoms with E-state index in [9.17, 15) is 4.39 Å². The molecule has 1 heterocycles. The van der Waals surface area contributed by atoms with Gasteiger partial charge in [0.25, 0.3) is 0 Å². The van der Waals surface area contributed by atoms with Gasteiger partial charge in [-0.3, -0.25) is 0 Å². The lowest BCUT2D eigenvalue weighted by Crippen LogP contribution is -2.08. The normalized spacial score (nSPS) is 11.8. The summed E-state index contributed by atoms with van der Waals surface area (Å²) in [5.41, 5.74) is 3.05. The number of anilines is 1. The first-order chi connectivity index (χ1) is 7.79. The summed E-state index contributed by atoms with van der Waals surface area (Å²) in [6.45, 7) is 0. The quantitative estimate of drug-likeness (QED) is 0.886. The predicted octanol–water partition coefficient (Wildman–Crippen LogP) is 2.96. The van der Waals surface area contributed by atoms with E-state index in [1.165, 1.54) is 23.5 Å². The standard InChI is InChI=1S/C11H8FN3S/c12-8-1-3-9(4-2-8)15-10(5-13)11-6-16-7-14-11/h1-4,6-7,10,15H. The summed E-state index contributed by atoms with van der Waals surface area (Å²) in [6.07, 6.45) is 0. The zero-order valence-electron chi connectivity index (χ0n) is 8.22. The fraction of sp³-hybridized carbons (Fsp3) is 0.0909. The monoisotopic (exact) mass is 233 g/mol. The van der Waals surface area contributed by atoms with E-state index < -0.39 is 6.04 Å². The number of thiazole rings is 1. The van der Waals surface area contributed by atoms with Crippen molar-refractivity contribution in [3.05, 3.63) is 46.7 Å². The van der Waals surface area contributed by atoms with Gasteiger partial charge < -0.3 is 5.32 Å². The van der Waals surface area contributed by atoms with E-state index >= 15 is 0 Å². The summed E-state index contributed by atoms with van der Waals surface area (Å²) in [5, 5.41) is 13.8. The fourth-order valence-corrected chi connectivity index (χ4v) is 1.83. The second-order valence-corrected chi connectivity index (χ2v) is 3.85. The van der Waals surface area contributed by atoms with Crippen LogP contribution in [0.2, 0.25) is 0 Å². The summed E-state index contributed by atoms with van der Waals surface area (Å²) in [6, 6.07) is 7.47. The zero-order valence-corrected chi connectivity index (χ0v) is 9.04. The molecule has 0 radical (unpaired) electrons. The highest BCUT2D eigenvalue weighted by atomic mass is 32.1. The molecule has 2 rings (SSSR count). The van der Waals surface area contributed by atoms with E-state index in [0.29, 0.717) is 11.4 Å². The van der Waals surface area contributed by atoms with Crippen LogP contribution >= 0.6 is 11.3 Å². The third-order valence-electron chi connectivity index (χ3n) is 2.03. The minimum Gasteiger partial charge on any atom is -0.365 e. The molecule has 0 aliphatic rings. The maximum atomic E-state index is 12.7. The maximum absolute atomic E-state index is 12.7. The Kier molecular flexibility index (Phi) is 3.13. The lowest BCUT2D eigenvalue weighted by atomic mass is 10.2. The van der Waals surface area contributed by atoms with Crippen molar-refractivity contribution in [2.45, 2.75) is 6.04 Å². The molecule has 1 atom stereocenters. The molecule has 1 aromatic heterocycles. The number of aromatic nitrogens is 1. The topological polar surface area (TPSA) is 48.7 Å². The summed E-state index contributed by atoms with van der Waals surface area (Å²) in [5.74, 6) is -0.298. The molecule has 0 saturated heterocycles. The number of nitriles is 1. The van der Waals surface area contributed by atoms with Crippen molar-refractivity contribution in [2.24, 2.45) is 0 Å². The Labute approximate surface area is 96.2 Å². The molecule has 3 nitrogen and oxygen atoms in total. The molecule has 0 fully saturated rings. The molecule has 80 valence electrons. The molecule has 0 spiro atoms. The van der Waals surface area contributed by atoms with Gasteiger partial charge in [-0.1, -0.05) is 0 Å². The molecule has 16 heavy (non-hydrogen) atoms. The smallest absolute Gasteiger partial charge is 0.158 e. The van der Waals surface area contributed by atoms with E-state index in [0.717, 1.165) is 0 Å². The third kappa shape index (κ3) is 2.35. The largest absolute Gasteiger partial charge is 0.365 e. The van der Waals surface area contributed by atoms with Crippen LogP contribution < -0.4 is 5.32 Å². The summed E-state index contributed by atoms with van der Waals surface area (Å²) < 4.78 is 12.7. The highest BCUT2D eigenvalue weighted by Gasteiger charge is 2.11. The van der Waals surface area contributed by atoms with Gasteiger partial charge in [-0.05, 0) is 24.3 Å². The number of nitrogens with one attached hydrogen (secondary N) is 1. The van der Waals surface area contributed by atoms with E-state index in [1.54, 1.807) is 17.6 Å². The van der Waals surface area contributed by atoms with Crippen LogP contribution in [0.4, 0.5) is 10.1 Å². The Morgan fingerprint density at radius 2 is 2.12 bits per heavy atom. The molecule has 0 aliphatic heterocycles. The predicted molar refractivity (Wildman–Crippen MR) is 60.5 cm³/mol.